The summed E-state index contributed by atoms with van der Waals surface area (Å²) in [6, 6.07) is 10.5. The van der Waals surface area contributed by atoms with Crippen molar-refractivity contribution in [2.75, 3.05) is 19.6 Å². The number of likely N-dealkylation sites (tertiary alicyclic amines) is 2. The Morgan fingerprint density at radius 3 is 2.33 bits per heavy atom. The molecule has 2 fully saturated rings. The Morgan fingerprint density at radius 2 is 1.77 bits per heavy atom. The summed E-state index contributed by atoms with van der Waals surface area (Å²) in [5.74, 6) is -1.69. The smallest absolute Gasteiger partial charge is 0.475 e. The van der Waals surface area contributed by atoms with E-state index in [1.165, 1.54) is 31.5 Å². The van der Waals surface area contributed by atoms with Crippen molar-refractivity contribution < 1.29 is 27.9 Å². The molecule has 1 spiro atoms. The highest BCUT2D eigenvalue weighted by Crippen LogP contribution is 2.40. The molecule has 2 heterocycles. The van der Waals surface area contributed by atoms with E-state index in [0.717, 1.165) is 38.3 Å². The lowest BCUT2D eigenvalue weighted by Gasteiger charge is -2.38. The molecule has 0 radical (unpaired) electrons. The molecule has 1 aromatic carbocycles. The van der Waals surface area contributed by atoms with Gasteiger partial charge in [0.15, 0.2) is 0 Å². The van der Waals surface area contributed by atoms with Crippen molar-refractivity contribution in [2.45, 2.75) is 64.2 Å². The molecular formula is C22H31F3N2O3. The van der Waals surface area contributed by atoms with Gasteiger partial charge in [0.1, 0.15) is 0 Å². The van der Waals surface area contributed by atoms with Gasteiger partial charge in [0.25, 0.3) is 0 Å². The molecule has 1 N–H and O–H groups in total. The number of rotatable bonds is 4. The fourth-order valence-electron chi connectivity index (χ4n) is 4.35. The van der Waals surface area contributed by atoms with Crippen LogP contribution in [0.4, 0.5) is 13.2 Å². The number of hydrogen-bond donors (Lipinski definition) is 1. The molecule has 168 valence electrons. The first-order valence-electron chi connectivity index (χ1n) is 10.4. The Bertz CT molecular complexity index is 709. The number of benzene rings is 1. The van der Waals surface area contributed by atoms with Gasteiger partial charge in [-0.3, -0.25) is 4.79 Å². The van der Waals surface area contributed by atoms with E-state index in [2.05, 4.69) is 47.9 Å². The number of carbonyl (C=O) groups is 2. The van der Waals surface area contributed by atoms with Gasteiger partial charge in [0.2, 0.25) is 5.91 Å². The van der Waals surface area contributed by atoms with E-state index >= 15 is 0 Å². The Morgan fingerprint density at radius 1 is 1.13 bits per heavy atom. The lowest BCUT2D eigenvalue weighted by molar-refractivity contribution is -0.192. The summed E-state index contributed by atoms with van der Waals surface area (Å²) in [6.45, 7) is 8.87. The fourth-order valence-corrected chi connectivity index (χ4v) is 4.35. The van der Waals surface area contributed by atoms with Gasteiger partial charge in [0.05, 0.1) is 0 Å². The second kappa shape index (κ2) is 10.3. The summed E-state index contributed by atoms with van der Waals surface area (Å²) >= 11 is 0. The second-order valence-electron chi connectivity index (χ2n) is 8.54. The summed E-state index contributed by atoms with van der Waals surface area (Å²) in [7, 11) is 0. The third-order valence-corrected chi connectivity index (χ3v) is 5.74. The number of carboxylic acid groups (broad SMARTS) is 1. The highest BCUT2D eigenvalue weighted by Gasteiger charge is 2.45. The van der Waals surface area contributed by atoms with Crippen LogP contribution in [0.15, 0.2) is 30.3 Å². The third kappa shape index (κ3) is 6.72. The molecule has 2 saturated heterocycles. The van der Waals surface area contributed by atoms with Crippen molar-refractivity contribution in [2.24, 2.45) is 5.92 Å². The average molecular weight is 428 g/mol. The summed E-state index contributed by atoms with van der Waals surface area (Å²) in [4.78, 5) is 26.2. The number of carboxylic acids is 1. The second-order valence-corrected chi connectivity index (χ2v) is 8.54. The molecule has 0 aliphatic carbocycles. The number of nitrogens with zero attached hydrogens (tertiary/aromatic N) is 2. The first-order valence-corrected chi connectivity index (χ1v) is 10.4. The number of aliphatic carboxylic acids is 1. The third-order valence-electron chi connectivity index (χ3n) is 5.74. The maximum atomic E-state index is 12.5. The quantitative estimate of drug-likeness (QED) is 0.776. The van der Waals surface area contributed by atoms with E-state index in [4.69, 9.17) is 9.90 Å². The summed E-state index contributed by atoms with van der Waals surface area (Å²) in [6.07, 6.45) is 0.217. The fraction of sp³-hybridized carbons (Fsp3) is 0.636. The zero-order valence-electron chi connectivity index (χ0n) is 17.6. The molecule has 30 heavy (non-hydrogen) atoms. The van der Waals surface area contributed by atoms with Crippen molar-refractivity contribution in [3.05, 3.63) is 35.9 Å². The van der Waals surface area contributed by atoms with Gasteiger partial charge in [-0.15, -0.1) is 0 Å². The molecule has 0 bridgehead atoms. The molecule has 1 aromatic rings. The van der Waals surface area contributed by atoms with E-state index in [0.29, 0.717) is 5.91 Å². The monoisotopic (exact) mass is 428 g/mol. The van der Waals surface area contributed by atoms with Crippen LogP contribution in [0.2, 0.25) is 0 Å². The minimum absolute atomic E-state index is 0.110. The summed E-state index contributed by atoms with van der Waals surface area (Å²) in [5, 5.41) is 7.12. The Labute approximate surface area is 175 Å². The van der Waals surface area contributed by atoms with Crippen LogP contribution in [-0.2, 0) is 16.1 Å². The molecular weight excluding hydrogens is 397 g/mol. The summed E-state index contributed by atoms with van der Waals surface area (Å²) in [5.41, 5.74) is 1.36. The first-order chi connectivity index (χ1) is 14.0. The van der Waals surface area contributed by atoms with E-state index in [1.54, 1.807) is 0 Å². The van der Waals surface area contributed by atoms with Crippen molar-refractivity contribution in [1.29, 1.82) is 0 Å². The van der Waals surface area contributed by atoms with Gasteiger partial charge in [0, 0.05) is 31.6 Å². The molecule has 5 nitrogen and oxygen atoms in total. The van der Waals surface area contributed by atoms with Crippen LogP contribution < -0.4 is 0 Å². The number of alkyl halides is 3. The molecule has 8 heteroatoms. The van der Waals surface area contributed by atoms with E-state index in [9.17, 15) is 18.0 Å². The lowest BCUT2D eigenvalue weighted by Crippen LogP contribution is -2.46. The minimum atomic E-state index is -5.08. The van der Waals surface area contributed by atoms with Crippen LogP contribution in [0.3, 0.4) is 0 Å². The van der Waals surface area contributed by atoms with Crippen LogP contribution in [0, 0.1) is 5.92 Å². The zero-order valence-corrected chi connectivity index (χ0v) is 17.6. The van der Waals surface area contributed by atoms with Crippen LogP contribution >= 0.6 is 0 Å². The van der Waals surface area contributed by atoms with Crippen LogP contribution in [0.1, 0.15) is 51.5 Å². The SMILES string of the molecule is CC(C)CN1CCCC2(CCC(=O)N2Cc2ccccc2)CC1.O=C(O)C(F)(F)F. The number of carbonyl (C=O) groups excluding carboxylic acids is 1. The highest BCUT2D eigenvalue weighted by atomic mass is 19.4. The van der Waals surface area contributed by atoms with Gasteiger partial charge in [-0.2, -0.15) is 13.2 Å². The molecule has 2 aliphatic heterocycles. The largest absolute Gasteiger partial charge is 0.490 e. The standard InChI is InChI=1S/C20H30N2O.C2HF3O2/c1-17(2)15-21-13-6-10-20(12-14-21)11-9-19(23)22(20)16-18-7-4-3-5-8-18;3-2(4,5)1(6)7/h3-5,7-8,17H,6,9-16H2,1-2H3;(H,6,7). The maximum Gasteiger partial charge on any atom is 0.490 e. The number of hydrogen-bond acceptors (Lipinski definition) is 3. The van der Waals surface area contributed by atoms with Crippen LogP contribution in [-0.4, -0.2) is 58.1 Å². The molecule has 0 aromatic heterocycles. The molecule has 3 rings (SSSR count). The molecule has 0 saturated carbocycles. The molecule has 1 atom stereocenters. The summed E-state index contributed by atoms with van der Waals surface area (Å²) < 4.78 is 31.7. The van der Waals surface area contributed by atoms with Gasteiger partial charge >= 0.3 is 12.1 Å². The molecule has 1 amide bonds. The molecule has 2 aliphatic rings. The number of halogens is 3. The predicted octanol–water partition coefficient (Wildman–Crippen LogP) is 4.32. The van der Waals surface area contributed by atoms with Crippen LogP contribution in [0.5, 0.6) is 0 Å². The zero-order chi connectivity index (χ0) is 22.4. The average Bonchev–Trinajstić information content (AvgIpc) is 2.84. The Balaban J connectivity index is 0.000000396. The van der Waals surface area contributed by atoms with E-state index in [1.807, 2.05) is 6.07 Å². The van der Waals surface area contributed by atoms with E-state index < -0.39 is 12.1 Å². The Hall–Kier alpha value is -2.09. The molecule has 1 unspecified atom stereocenters. The van der Waals surface area contributed by atoms with Crippen LogP contribution in [0.25, 0.3) is 0 Å². The number of amides is 1. The van der Waals surface area contributed by atoms with Crippen molar-refractivity contribution >= 4 is 11.9 Å². The van der Waals surface area contributed by atoms with Gasteiger partial charge < -0.3 is 14.9 Å². The highest BCUT2D eigenvalue weighted by molar-refractivity contribution is 5.79. The van der Waals surface area contributed by atoms with Crippen molar-refractivity contribution in [1.82, 2.24) is 9.80 Å². The minimum Gasteiger partial charge on any atom is -0.475 e. The van der Waals surface area contributed by atoms with Gasteiger partial charge in [-0.05, 0) is 43.7 Å². The van der Waals surface area contributed by atoms with Crippen molar-refractivity contribution in [3.8, 4) is 0 Å². The van der Waals surface area contributed by atoms with Gasteiger partial charge in [-0.1, -0.05) is 44.2 Å². The predicted molar refractivity (Wildman–Crippen MR) is 108 cm³/mol. The Kier molecular flexibility index (Phi) is 8.29. The lowest BCUT2D eigenvalue weighted by atomic mass is 9.87. The maximum absolute atomic E-state index is 12.5. The van der Waals surface area contributed by atoms with Crippen molar-refractivity contribution in [3.63, 3.8) is 0 Å². The van der Waals surface area contributed by atoms with E-state index in [-0.39, 0.29) is 5.54 Å². The first kappa shape index (κ1) is 24.2. The topological polar surface area (TPSA) is 60.9 Å². The normalized spacial score (nSPS) is 22.7. The van der Waals surface area contributed by atoms with Gasteiger partial charge in [-0.25, -0.2) is 4.79 Å².